The average Bonchev–Trinajstić information content (AvgIpc) is 2.10. The normalized spacial score (nSPS) is 9.93. The molecule has 0 fully saturated rings. The van der Waals surface area contributed by atoms with Crippen molar-refractivity contribution in [2.24, 2.45) is 0 Å². The summed E-state index contributed by atoms with van der Waals surface area (Å²) in [6, 6.07) is 1.53. The molecule has 0 saturated heterocycles. The molecule has 0 aliphatic rings. The van der Waals surface area contributed by atoms with Crippen molar-refractivity contribution in [1.29, 1.82) is 0 Å². The van der Waals surface area contributed by atoms with E-state index in [9.17, 15) is 4.79 Å². The molecule has 7 heteroatoms. The Balaban J connectivity index is 2.40. The second-order valence-corrected chi connectivity index (χ2v) is 3.25. The van der Waals surface area contributed by atoms with E-state index in [1.807, 2.05) is 0 Å². The van der Waals surface area contributed by atoms with Gasteiger partial charge in [-0.3, -0.25) is 4.79 Å². The molecule has 0 aliphatic heterocycles. The van der Waals surface area contributed by atoms with Crippen LogP contribution in [0.2, 0.25) is 5.15 Å². The third-order valence-electron chi connectivity index (χ3n) is 1.59. The highest BCUT2D eigenvalue weighted by Gasteiger charge is 2.00. The predicted molar refractivity (Wildman–Crippen MR) is 56.8 cm³/mol. The average molecular weight is 231 g/mol. The maximum Gasteiger partial charge on any atom is 0.303 e. The first kappa shape index (κ1) is 11.5. The molecule has 0 spiro atoms. The Morgan fingerprint density at radius 3 is 2.93 bits per heavy atom. The summed E-state index contributed by atoms with van der Waals surface area (Å²) in [4.78, 5) is 17.8. The standard InChI is InChI=1S/C8H11ClN4O2/c9-5-4-6(13-8(10)12-5)11-3-1-2-7(14)15/h4H,1-3H2,(H,14,15)(H3,10,11,12,13). The summed E-state index contributed by atoms with van der Waals surface area (Å²) >= 11 is 5.65. The van der Waals surface area contributed by atoms with Gasteiger partial charge < -0.3 is 16.2 Å². The van der Waals surface area contributed by atoms with E-state index in [2.05, 4.69) is 15.3 Å². The number of nitrogen functional groups attached to an aromatic ring is 1. The lowest BCUT2D eigenvalue weighted by molar-refractivity contribution is -0.137. The number of nitrogens with zero attached hydrogens (tertiary/aromatic N) is 2. The zero-order chi connectivity index (χ0) is 11.3. The van der Waals surface area contributed by atoms with Crippen molar-refractivity contribution in [2.45, 2.75) is 12.8 Å². The zero-order valence-corrected chi connectivity index (χ0v) is 8.66. The van der Waals surface area contributed by atoms with Crippen LogP contribution in [0.3, 0.4) is 0 Å². The lowest BCUT2D eigenvalue weighted by Crippen LogP contribution is -2.07. The Morgan fingerprint density at radius 1 is 1.60 bits per heavy atom. The molecule has 1 aromatic rings. The molecule has 0 saturated carbocycles. The smallest absolute Gasteiger partial charge is 0.303 e. The molecular formula is C8H11ClN4O2. The lowest BCUT2D eigenvalue weighted by atomic mass is 10.3. The highest BCUT2D eigenvalue weighted by atomic mass is 35.5. The van der Waals surface area contributed by atoms with Crippen LogP contribution >= 0.6 is 11.6 Å². The minimum absolute atomic E-state index is 0.0863. The monoisotopic (exact) mass is 230 g/mol. The summed E-state index contributed by atoms with van der Waals surface area (Å²) in [5.41, 5.74) is 5.37. The summed E-state index contributed by atoms with van der Waals surface area (Å²) in [7, 11) is 0. The van der Waals surface area contributed by atoms with Gasteiger partial charge in [-0.05, 0) is 6.42 Å². The highest BCUT2D eigenvalue weighted by molar-refractivity contribution is 6.29. The first-order valence-electron chi connectivity index (χ1n) is 4.33. The molecule has 1 heterocycles. The minimum atomic E-state index is -0.822. The predicted octanol–water partition coefficient (Wildman–Crippen LogP) is 0.989. The molecule has 0 aromatic carbocycles. The van der Waals surface area contributed by atoms with Gasteiger partial charge in [0.25, 0.3) is 0 Å². The van der Waals surface area contributed by atoms with Crippen molar-refractivity contribution in [3.05, 3.63) is 11.2 Å². The maximum atomic E-state index is 10.2. The molecular weight excluding hydrogens is 220 g/mol. The van der Waals surface area contributed by atoms with E-state index in [1.165, 1.54) is 6.07 Å². The number of aromatic nitrogens is 2. The zero-order valence-electron chi connectivity index (χ0n) is 7.90. The van der Waals surface area contributed by atoms with Gasteiger partial charge in [0.05, 0.1) is 0 Å². The SMILES string of the molecule is Nc1nc(Cl)cc(NCCCC(=O)O)n1. The quantitative estimate of drug-likeness (QED) is 0.515. The van der Waals surface area contributed by atoms with Gasteiger partial charge >= 0.3 is 5.97 Å². The molecule has 6 nitrogen and oxygen atoms in total. The van der Waals surface area contributed by atoms with Crippen LogP contribution in [0.15, 0.2) is 6.07 Å². The maximum absolute atomic E-state index is 10.2. The van der Waals surface area contributed by atoms with Crippen LogP contribution in [0, 0.1) is 0 Å². The summed E-state index contributed by atoms with van der Waals surface area (Å²) in [5, 5.41) is 11.6. The van der Waals surface area contributed by atoms with E-state index < -0.39 is 5.97 Å². The van der Waals surface area contributed by atoms with Crippen LogP contribution in [0.4, 0.5) is 11.8 Å². The lowest BCUT2D eigenvalue weighted by Gasteiger charge is -2.04. The molecule has 1 rings (SSSR count). The number of hydrogen-bond acceptors (Lipinski definition) is 5. The topological polar surface area (TPSA) is 101 Å². The largest absolute Gasteiger partial charge is 0.481 e. The summed E-state index contributed by atoms with van der Waals surface area (Å²) in [6.07, 6.45) is 0.623. The fourth-order valence-corrected chi connectivity index (χ4v) is 1.17. The fourth-order valence-electron chi connectivity index (χ4n) is 0.982. The second-order valence-electron chi connectivity index (χ2n) is 2.86. The third kappa shape index (κ3) is 4.46. The van der Waals surface area contributed by atoms with E-state index in [0.29, 0.717) is 18.8 Å². The van der Waals surface area contributed by atoms with Gasteiger partial charge in [-0.2, -0.15) is 4.98 Å². The number of anilines is 2. The number of carbonyl (C=O) groups is 1. The van der Waals surface area contributed by atoms with Crippen LogP contribution in [-0.4, -0.2) is 27.6 Å². The van der Waals surface area contributed by atoms with Crippen LogP contribution in [0.25, 0.3) is 0 Å². The number of rotatable bonds is 5. The van der Waals surface area contributed by atoms with Gasteiger partial charge in [-0.25, -0.2) is 4.98 Å². The van der Waals surface area contributed by atoms with E-state index in [0.717, 1.165) is 0 Å². The Labute approximate surface area is 91.5 Å². The minimum Gasteiger partial charge on any atom is -0.481 e. The third-order valence-corrected chi connectivity index (χ3v) is 1.78. The van der Waals surface area contributed by atoms with Crippen molar-refractivity contribution in [2.75, 3.05) is 17.6 Å². The molecule has 0 unspecified atom stereocenters. The van der Waals surface area contributed by atoms with E-state index in [1.54, 1.807) is 0 Å². The molecule has 15 heavy (non-hydrogen) atoms. The summed E-state index contributed by atoms with van der Waals surface area (Å²) in [5.74, 6) is -0.238. The van der Waals surface area contributed by atoms with Gasteiger partial charge in [-0.1, -0.05) is 11.6 Å². The summed E-state index contributed by atoms with van der Waals surface area (Å²) < 4.78 is 0. The molecule has 0 amide bonds. The molecule has 82 valence electrons. The second kappa shape index (κ2) is 5.35. The molecule has 0 bridgehead atoms. The van der Waals surface area contributed by atoms with Crippen molar-refractivity contribution in [3.63, 3.8) is 0 Å². The Bertz CT molecular complexity index is 338. The van der Waals surface area contributed by atoms with E-state index in [4.69, 9.17) is 22.4 Å². The van der Waals surface area contributed by atoms with Crippen LogP contribution in [0.5, 0.6) is 0 Å². The number of nitrogens with one attached hydrogen (secondary N) is 1. The van der Waals surface area contributed by atoms with Crippen LogP contribution in [-0.2, 0) is 4.79 Å². The molecule has 0 aliphatic carbocycles. The van der Waals surface area contributed by atoms with Crippen LogP contribution in [0.1, 0.15) is 12.8 Å². The van der Waals surface area contributed by atoms with Gasteiger partial charge in [0, 0.05) is 19.0 Å². The van der Waals surface area contributed by atoms with Crippen molar-refractivity contribution >= 4 is 29.3 Å². The van der Waals surface area contributed by atoms with Crippen molar-refractivity contribution in [3.8, 4) is 0 Å². The highest BCUT2D eigenvalue weighted by Crippen LogP contribution is 2.12. The summed E-state index contributed by atoms with van der Waals surface area (Å²) in [6.45, 7) is 0.499. The van der Waals surface area contributed by atoms with Crippen molar-refractivity contribution < 1.29 is 9.90 Å². The Hall–Kier alpha value is -1.56. The van der Waals surface area contributed by atoms with Gasteiger partial charge in [0.2, 0.25) is 5.95 Å². The number of carboxylic acids is 1. The number of halogens is 1. The molecule has 0 atom stereocenters. The Kier molecular flexibility index (Phi) is 4.11. The van der Waals surface area contributed by atoms with E-state index in [-0.39, 0.29) is 17.5 Å². The number of nitrogens with two attached hydrogens (primary N) is 1. The van der Waals surface area contributed by atoms with E-state index >= 15 is 0 Å². The van der Waals surface area contributed by atoms with Gasteiger partial charge in [0.15, 0.2) is 0 Å². The van der Waals surface area contributed by atoms with Gasteiger partial charge in [-0.15, -0.1) is 0 Å². The molecule has 4 N–H and O–H groups in total. The van der Waals surface area contributed by atoms with Crippen LogP contribution < -0.4 is 11.1 Å². The number of hydrogen-bond donors (Lipinski definition) is 3. The molecule has 0 radical (unpaired) electrons. The number of aliphatic carboxylic acids is 1. The first-order chi connectivity index (χ1) is 7.08. The number of carboxylic acid groups (broad SMARTS) is 1. The fraction of sp³-hybridized carbons (Fsp3) is 0.375. The molecule has 1 aromatic heterocycles. The van der Waals surface area contributed by atoms with Crippen molar-refractivity contribution in [1.82, 2.24) is 9.97 Å². The Morgan fingerprint density at radius 2 is 2.33 bits per heavy atom. The first-order valence-corrected chi connectivity index (χ1v) is 4.71. The van der Waals surface area contributed by atoms with Gasteiger partial charge in [0.1, 0.15) is 11.0 Å².